The van der Waals surface area contributed by atoms with E-state index in [0.717, 1.165) is 18.9 Å². The topological polar surface area (TPSA) is 75.2 Å². The molecular formula is C11H14N4O. The molecule has 1 aromatic rings. The van der Waals surface area contributed by atoms with Crippen LogP contribution in [0.3, 0.4) is 0 Å². The molecule has 1 saturated heterocycles. The molecule has 1 atom stereocenters. The molecule has 1 unspecified atom stereocenters. The molecule has 2 rings (SSSR count). The number of anilines is 1. The van der Waals surface area contributed by atoms with Crippen molar-refractivity contribution in [1.82, 2.24) is 4.98 Å². The van der Waals surface area contributed by atoms with Gasteiger partial charge in [0, 0.05) is 25.8 Å². The zero-order valence-corrected chi connectivity index (χ0v) is 8.97. The van der Waals surface area contributed by atoms with Gasteiger partial charge in [0.25, 0.3) is 0 Å². The molecule has 2 heterocycles. The lowest BCUT2D eigenvalue weighted by Gasteiger charge is -2.33. The number of morpholine rings is 1. The maximum absolute atomic E-state index is 8.82. The molecule has 1 aromatic heterocycles. The molecule has 1 aliphatic rings. The Balaban J connectivity index is 2.14. The second-order valence-corrected chi connectivity index (χ2v) is 3.69. The van der Waals surface area contributed by atoms with Crippen LogP contribution >= 0.6 is 0 Å². The first-order chi connectivity index (χ1) is 7.83. The van der Waals surface area contributed by atoms with Crippen LogP contribution in [-0.2, 0) is 4.74 Å². The Kier molecular flexibility index (Phi) is 3.34. The molecular weight excluding hydrogens is 204 g/mol. The van der Waals surface area contributed by atoms with Crippen LogP contribution in [0, 0.1) is 11.3 Å². The fourth-order valence-corrected chi connectivity index (χ4v) is 1.73. The largest absolute Gasteiger partial charge is 0.373 e. The van der Waals surface area contributed by atoms with E-state index in [-0.39, 0.29) is 6.10 Å². The molecule has 0 amide bonds. The minimum atomic E-state index is 0.0568. The van der Waals surface area contributed by atoms with Crippen molar-refractivity contribution in [3.8, 4) is 6.07 Å². The maximum atomic E-state index is 8.82. The Morgan fingerprint density at radius 3 is 3.31 bits per heavy atom. The Morgan fingerprint density at radius 2 is 2.56 bits per heavy atom. The van der Waals surface area contributed by atoms with E-state index in [1.165, 1.54) is 0 Å². The highest BCUT2D eigenvalue weighted by Gasteiger charge is 2.20. The first-order valence-corrected chi connectivity index (χ1v) is 5.26. The van der Waals surface area contributed by atoms with Gasteiger partial charge in [0.2, 0.25) is 0 Å². The van der Waals surface area contributed by atoms with E-state index in [9.17, 15) is 0 Å². The number of ether oxygens (including phenoxy) is 1. The second-order valence-electron chi connectivity index (χ2n) is 3.69. The molecule has 5 heteroatoms. The molecule has 0 spiro atoms. The van der Waals surface area contributed by atoms with Crippen LogP contribution in [0.2, 0.25) is 0 Å². The third-order valence-corrected chi connectivity index (χ3v) is 2.60. The summed E-state index contributed by atoms with van der Waals surface area (Å²) >= 11 is 0. The molecule has 0 bridgehead atoms. The van der Waals surface area contributed by atoms with Gasteiger partial charge in [-0.25, -0.2) is 4.98 Å². The van der Waals surface area contributed by atoms with Crippen LogP contribution in [0.25, 0.3) is 0 Å². The van der Waals surface area contributed by atoms with E-state index >= 15 is 0 Å². The van der Waals surface area contributed by atoms with Crippen molar-refractivity contribution < 1.29 is 4.74 Å². The molecule has 1 fully saturated rings. The molecule has 0 aliphatic carbocycles. The van der Waals surface area contributed by atoms with Crippen molar-refractivity contribution in [2.24, 2.45) is 5.73 Å². The van der Waals surface area contributed by atoms with Gasteiger partial charge in [-0.2, -0.15) is 5.26 Å². The fraction of sp³-hybridized carbons (Fsp3) is 0.455. The van der Waals surface area contributed by atoms with Crippen LogP contribution in [0.5, 0.6) is 0 Å². The van der Waals surface area contributed by atoms with Crippen molar-refractivity contribution in [3.05, 3.63) is 23.9 Å². The summed E-state index contributed by atoms with van der Waals surface area (Å²) in [7, 11) is 0. The maximum Gasteiger partial charge on any atom is 0.129 e. The zero-order chi connectivity index (χ0) is 11.4. The molecule has 1 aliphatic heterocycles. The summed E-state index contributed by atoms with van der Waals surface area (Å²) in [4.78, 5) is 6.36. The van der Waals surface area contributed by atoms with Gasteiger partial charge in [-0.15, -0.1) is 0 Å². The SMILES string of the molecule is N#Cc1ccnc(N2CCOC(CN)C2)c1. The highest BCUT2D eigenvalue weighted by Crippen LogP contribution is 2.15. The number of nitriles is 1. The molecule has 0 aromatic carbocycles. The van der Waals surface area contributed by atoms with E-state index in [2.05, 4.69) is 16.0 Å². The zero-order valence-electron chi connectivity index (χ0n) is 8.97. The number of rotatable bonds is 2. The molecule has 0 saturated carbocycles. The van der Waals surface area contributed by atoms with Crippen molar-refractivity contribution in [2.45, 2.75) is 6.10 Å². The van der Waals surface area contributed by atoms with Crippen LogP contribution in [-0.4, -0.2) is 37.3 Å². The van der Waals surface area contributed by atoms with Crippen molar-refractivity contribution >= 4 is 5.82 Å². The molecule has 84 valence electrons. The Hall–Kier alpha value is -1.64. The summed E-state index contributed by atoms with van der Waals surface area (Å²) in [6.07, 6.45) is 1.71. The fourth-order valence-electron chi connectivity index (χ4n) is 1.73. The van der Waals surface area contributed by atoms with Gasteiger partial charge < -0.3 is 15.4 Å². The van der Waals surface area contributed by atoms with Gasteiger partial charge in [0.05, 0.1) is 24.3 Å². The first-order valence-electron chi connectivity index (χ1n) is 5.26. The predicted molar refractivity (Wildman–Crippen MR) is 60.0 cm³/mol. The number of hydrogen-bond acceptors (Lipinski definition) is 5. The third kappa shape index (κ3) is 2.30. The van der Waals surface area contributed by atoms with Crippen LogP contribution in [0.4, 0.5) is 5.82 Å². The quantitative estimate of drug-likeness (QED) is 0.763. The summed E-state index contributed by atoms with van der Waals surface area (Å²) in [5.41, 5.74) is 6.20. The summed E-state index contributed by atoms with van der Waals surface area (Å²) < 4.78 is 5.48. The lowest BCUT2D eigenvalue weighted by Crippen LogP contribution is -2.46. The Labute approximate surface area is 94.4 Å². The van der Waals surface area contributed by atoms with Crippen LogP contribution < -0.4 is 10.6 Å². The van der Waals surface area contributed by atoms with Gasteiger partial charge in [-0.3, -0.25) is 0 Å². The average Bonchev–Trinajstić information content (AvgIpc) is 2.39. The summed E-state index contributed by atoms with van der Waals surface area (Å²) in [6, 6.07) is 5.60. The Bertz CT molecular complexity index is 401. The van der Waals surface area contributed by atoms with E-state index in [4.69, 9.17) is 15.7 Å². The normalized spacial score (nSPS) is 20.5. The first kappa shape index (κ1) is 10.9. The number of hydrogen-bond donors (Lipinski definition) is 1. The second kappa shape index (κ2) is 4.92. The summed E-state index contributed by atoms with van der Waals surface area (Å²) in [6.45, 7) is 2.69. The van der Waals surface area contributed by atoms with Gasteiger partial charge >= 0.3 is 0 Å². The van der Waals surface area contributed by atoms with Crippen molar-refractivity contribution in [3.63, 3.8) is 0 Å². The molecule has 0 radical (unpaired) electrons. The molecule has 16 heavy (non-hydrogen) atoms. The van der Waals surface area contributed by atoms with E-state index < -0.39 is 0 Å². The molecule has 5 nitrogen and oxygen atoms in total. The molecule has 2 N–H and O–H groups in total. The van der Waals surface area contributed by atoms with Crippen LogP contribution in [0.15, 0.2) is 18.3 Å². The van der Waals surface area contributed by atoms with Gasteiger partial charge in [-0.1, -0.05) is 0 Å². The number of pyridine rings is 1. The number of nitrogens with two attached hydrogens (primary N) is 1. The Morgan fingerprint density at radius 1 is 1.69 bits per heavy atom. The highest BCUT2D eigenvalue weighted by atomic mass is 16.5. The summed E-state index contributed by atoms with van der Waals surface area (Å²) in [5.74, 6) is 0.820. The number of aromatic nitrogens is 1. The van der Waals surface area contributed by atoms with Gasteiger partial charge in [-0.05, 0) is 12.1 Å². The van der Waals surface area contributed by atoms with Gasteiger partial charge in [0.1, 0.15) is 5.82 Å². The monoisotopic (exact) mass is 218 g/mol. The van der Waals surface area contributed by atoms with Gasteiger partial charge in [0.15, 0.2) is 0 Å². The number of nitrogens with zero attached hydrogens (tertiary/aromatic N) is 3. The van der Waals surface area contributed by atoms with Crippen molar-refractivity contribution in [1.29, 1.82) is 5.26 Å². The average molecular weight is 218 g/mol. The lowest BCUT2D eigenvalue weighted by atomic mass is 10.2. The van der Waals surface area contributed by atoms with E-state index in [1.807, 2.05) is 0 Å². The van der Waals surface area contributed by atoms with E-state index in [0.29, 0.717) is 18.7 Å². The lowest BCUT2D eigenvalue weighted by molar-refractivity contribution is 0.0463. The smallest absolute Gasteiger partial charge is 0.129 e. The highest BCUT2D eigenvalue weighted by molar-refractivity contribution is 5.45. The van der Waals surface area contributed by atoms with Crippen molar-refractivity contribution in [2.75, 3.05) is 31.1 Å². The summed E-state index contributed by atoms with van der Waals surface area (Å²) in [5, 5.41) is 8.82. The van der Waals surface area contributed by atoms with E-state index in [1.54, 1.807) is 18.3 Å². The minimum absolute atomic E-state index is 0.0568. The predicted octanol–water partition coefficient (Wildman–Crippen LogP) is 0.117. The third-order valence-electron chi connectivity index (χ3n) is 2.60. The van der Waals surface area contributed by atoms with Crippen LogP contribution in [0.1, 0.15) is 5.56 Å². The minimum Gasteiger partial charge on any atom is -0.373 e. The standard InChI is InChI=1S/C11H14N4O/c12-6-9-1-2-14-11(5-9)15-3-4-16-10(7-13)8-15/h1-2,5,10H,3-4,7-8,13H2.